The fourth-order valence-electron chi connectivity index (χ4n) is 5.66. The number of hydrogen-bond donors (Lipinski definition) is 0. The number of ketones is 1. The van der Waals surface area contributed by atoms with E-state index in [0.717, 1.165) is 5.56 Å². The van der Waals surface area contributed by atoms with Gasteiger partial charge in [0.05, 0.1) is 31.3 Å². The SMILES string of the molecule is COC(=O)[C@@]1(C#N)[C@H](c2ccc(OC)cc2)[C@H](C(=O)c2cccc([N+](=O)[O-])c2)N2c3ccccc3C=C[C@@H]21. The minimum absolute atomic E-state index is 0.104. The highest BCUT2D eigenvalue weighted by molar-refractivity contribution is 6.06. The van der Waals surface area contributed by atoms with Crippen LogP contribution in [0.15, 0.2) is 78.9 Å². The van der Waals surface area contributed by atoms with Crippen LogP contribution >= 0.6 is 0 Å². The third-order valence-electron chi connectivity index (χ3n) is 7.34. The number of rotatable bonds is 6. The molecule has 0 unspecified atom stereocenters. The lowest BCUT2D eigenvalue weighted by Crippen LogP contribution is -2.46. The molecule has 0 spiro atoms. The molecule has 1 fully saturated rings. The lowest BCUT2D eigenvalue weighted by Gasteiger charge is -2.36. The number of methoxy groups -OCH3 is 2. The second-order valence-corrected chi connectivity index (χ2v) is 9.11. The molecule has 0 aliphatic carbocycles. The van der Waals surface area contributed by atoms with Gasteiger partial charge >= 0.3 is 5.97 Å². The molecule has 190 valence electrons. The van der Waals surface area contributed by atoms with Crippen molar-refractivity contribution >= 4 is 29.2 Å². The molecule has 2 heterocycles. The van der Waals surface area contributed by atoms with E-state index in [1.165, 1.54) is 38.5 Å². The van der Waals surface area contributed by atoms with Crippen molar-refractivity contribution in [3.8, 4) is 11.8 Å². The third kappa shape index (κ3) is 3.61. The number of anilines is 1. The molecule has 5 rings (SSSR count). The van der Waals surface area contributed by atoms with E-state index >= 15 is 0 Å². The van der Waals surface area contributed by atoms with Crippen LogP contribution in [0.1, 0.15) is 27.4 Å². The van der Waals surface area contributed by atoms with Crippen LogP contribution in [0.2, 0.25) is 0 Å². The van der Waals surface area contributed by atoms with Crippen molar-refractivity contribution in [3.05, 3.63) is 106 Å². The second-order valence-electron chi connectivity index (χ2n) is 9.11. The first kappa shape index (κ1) is 24.7. The maximum absolute atomic E-state index is 14.3. The first-order valence-electron chi connectivity index (χ1n) is 11.8. The molecule has 4 atom stereocenters. The fourth-order valence-corrected chi connectivity index (χ4v) is 5.66. The summed E-state index contributed by atoms with van der Waals surface area (Å²) in [6.07, 6.45) is 3.58. The van der Waals surface area contributed by atoms with Gasteiger partial charge in [0.25, 0.3) is 5.69 Å². The van der Waals surface area contributed by atoms with Gasteiger partial charge in [-0.2, -0.15) is 5.26 Å². The van der Waals surface area contributed by atoms with E-state index in [2.05, 4.69) is 6.07 Å². The van der Waals surface area contributed by atoms with Crippen LogP contribution in [0.5, 0.6) is 5.75 Å². The van der Waals surface area contributed by atoms with Crippen LogP contribution in [-0.2, 0) is 9.53 Å². The Bertz CT molecular complexity index is 1510. The smallest absolute Gasteiger partial charge is 0.329 e. The first-order chi connectivity index (χ1) is 18.4. The number of Topliss-reactive ketones (excluding diaryl/α,β-unsaturated/α-hetero) is 1. The summed E-state index contributed by atoms with van der Waals surface area (Å²) in [4.78, 5) is 40.6. The van der Waals surface area contributed by atoms with Crippen LogP contribution in [0, 0.1) is 26.9 Å². The third-order valence-corrected chi connectivity index (χ3v) is 7.34. The molecule has 0 amide bonds. The number of nitrogens with zero attached hydrogens (tertiary/aromatic N) is 3. The van der Waals surface area contributed by atoms with Gasteiger partial charge in [0, 0.05) is 29.3 Å². The maximum Gasteiger partial charge on any atom is 0.329 e. The molecule has 0 radical (unpaired) electrons. The number of hydrogen-bond acceptors (Lipinski definition) is 8. The number of nitro groups is 1. The Labute approximate surface area is 218 Å². The lowest BCUT2D eigenvalue weighted by atomic mass is 9.68. The van der Waals surface area contributed by atoms with Gasteiger partial charge in [-0.1, -0.05) is 54.6 Å². The molecule has 0 bridgehead atoms. The normalized spacial score (nSPS) is 23.1. The molecule has 2 aliphatic rings. The Morgan fingerprint density at radius 2 is 1.79 bits per heavy atom. The van der Waals surface area contributed by atoms with Crippen LogP contribution < -0.4 is 9.64 Å². The van der Waals surface area contributed by atoms with Gasteiger partial charge in [0.2, 0.25) is 0 Å². The number of ether oxygens (including phenoxy) is 2. The predicted octanol–water partition coefficient (Wildman–Crippen LogP) is 4.54. The van der Waals surface area contributed by atoms with Gasteiger partial charge in [0.1, 0.15) is 11.8 Å². The van der Waals surface area contributed by atoms with Crippen molar-refractivity contribution in [3.63, 3.8) is 0 Å². The monoisotopic (exact) mass is 509 g/mol. The van der Waals surface area contributed by atoms with Crippen molar-refractivity contribution in [1.29, 1.82) is 5.26 Å². The van der Waals surface area contributed by atoms with Crippen molar-refractivity contribution in [2.45, 2.75) is 18.0 Å². The Hall–Kier alpha value is -4.97. The molecular weight excluding hydrogens is 486 g/mol. The number of para-hydroxylation sites is 1. The van der Waals surface area contributed by atoms with Crippen LogP contribution in [0.3, 0.4) is 0 Å². The number of nitro benzene ring substituents is 1. The van der Waals surface area contributed by atoms with Gasteiger partial charge in [0.15, 0.2) is 11.2 Å². The zero-order valence-electron chi connectivity index (χ0n) is 20.6. The molecule has 0 saturated carbocycles. The molecule has 2 aliphatic heterocycles. The summed E-state index contributed by atoms with van der Waals surface area (Å²) in [7, 11) is 2.74. The van der Waals surface area contributed by atoms with E-state index < -0.39 is 40.1 Å². The van der Waals surface area contributed by atoms with Gasteiger partial charge < -0.3 is 14.4 Å². The highest BCUT2D eigenvalue weighted by atomic mass is 16.6. The quantitative estimate of drug-likeness (QED) is 0.205. The zero-order valence-corrected chi connectivity index (χ0v) is 20.6. The number of esters is 1. The highest BCUT2D eigenvalue weighted by Gasteiger charge is 2.67. The lowest BCUT2D eigenvalue weighted by molar-refractivity contribution is -0.384. The van der Waals surface area contributed by atoms with E-state index in [9.17, 15) is 25.0 Å². The molecule has 38 heavy (non-hydrogen) atoms. The summed E-state index contributed by atoms with van der Waals surface area (Å²) < 4.78 is 10.5. The number of fused-ring (bicyclic) bond motifs is 3. The average Bonchev–Trinajstić information content (AvgIpc) is 3.28. The van der Waals surface area contributed by atoms with Gasteiger partial charge in [-0.15, -0.1) is 0 Å². The standard InChI is InChI=1S/C29H23N3O6/c1-37-22-13-10-19(11-14-22)25-26(27(33)20-7-5-8-21(16-20)32(35)36)31-23-9-4-3-6-18(23)12-15-24(31)29(25,17-30)28(34)38-2/h3-16,24-26H,1-2H3/t24-,25-,26-,29-/m1/s1. The highest BCUT2D eigenvalue weighted by Crippen LogP contribution is 2.56. The molecular formula is C29H23N3O6. The molecule has 9 heteroatoms. The molecule has 1 saturated heterocycles. The molecule has 3 aromatic rings. The van der Waals surface area contributed by atoms with E-state index in [4.69, 9.17) is 9.47 Å². The summed E-state index contributed by atoms with van der Waals surface area (Å²) in [5.74, 6) is -1.63. The summed E-state index contributed by atoms with van der Waals surface area (Å²) in [6.45, 7) is 0. The summed E-state index contributed by atoms with van der Waals surface area (Å²) in [5.41, 5.74) is 0.115. The maximum atomic E-state index is 14.3. The van der Waals surface area contributed by atoms with Gasteiger partial charge in [-0.05, 0) is 29.3 Å². The summed E-state index contributed by atoms with van der Waals surface area (Å²) in [5, 5.41) is 22.2. The van der Waals surface area contributed by atoms with Crippen LogP contribution in [0.25, 0.3) is 6.08 Å². The predicted molar refractivity (Wildman–Crippen MR) is 139 cm³/mol. The molecule has 9 nitrogen and oxygen atoms in total. The van der Waals surface area contributed by atoms with Crippen molar-refractivity contribution < 1.29 is 24.0 Å². The van der Waals surface area contributed by atoms with E-state index in [1.807, 2.05) is 30.3 Å². The van der Waals surface area contributed by atoms with Crippen LogP contribution in [-0.4, -0.2) is 43.0 Å². The minimum Gasteiger partial charge on any atom is -0.497 e. The van der Waals surface area contributed by atoms with Crippen LogP contribution in [0.4, 0.5) is 11.4 Å². The number of non-ortho nitro benzene ring substituents is 1. The average molecular weight is 510 g/mol. The number of carbonyl (C=O) groups excluding carboxylic acids is 2. The molecule has 0 aromatic heterocycles. The van der Waals surface area contributed by atoms with Gasteiger partial charge in [-0.25, -0.2) is 0 Å². The second kappa shape index (κ2) is 9.48. The minimum atomic E-state index is -1.80. The number of carbonyl (C=O) groups is 2. The van der Waals surface area contributed by atoms with E-state index in [1.54, 1.807) is 35.2 Å². The Morgan fingerprint density at radius 3 is 2.45 bits per heavy atom. The number of nitriles is 1. The zero-order chi connectivity index (χ0) is 27.0. The van der Waals surface area contributed by atoms with Crippen molar-refractivity contribution in [1.82, 2.24) is 0 Å². The topological polar surface area (TPSA) is 123 Å². The Kier molecular flexibility index (Phi) is 6.17. The van der Waals surface area contributed by atoms with Gasteiger partial charge in [-0.3, -0.25) is 19.7 Å². The molecule has 0 N–H and O–H groups in total. The largest absolute Gasteiger partial charge is 0.497 e. The summed E-state index contributed by atoms with van der Waals surface area (Å²) in [6, 6.07) is 20.1. The number of benzene rings is 3. The molecule has 3 aromatic carbocycles. The Morgan fingerprint density at radius 1 is 1.05 bits per heavy atom. The van der Waals surface area contributed by atoms with E-state index in [-0.39, 0.29) is 11.3 Å². The first-order valence-corrected chi connectivity index (χ1v) is 11.8. The van der Waals surface area contributed by atoms with E-state index in [0.29, 0.717) is 17.0 Å². The summed E-state index contributed by atoms with van der Waals surface area (Å²) >= 11 is 0. The van der Waals surface area contributed by atoms with Crippen molar-refractivity contribution in [2.24, 2.45) is 5.41 Å². The fraction of sp³-hybridized carbons (Fsp3) is 0.207. The van der Waals surface area contributed by atoms with Crippen molar-refractivity contribution in [2.75, 3.05) is 19.1 Å². The Balaban J connectivity index is 1.80.